The first-order valence-electron chi connectivity index (χ1n) is 9.04. The van der Waals surface area contributed by atoms with Crippen LogP contribution in [0.25, 0.3) is 11.1 Å². The molecule has 150 valence electrons. The molecule has 0 fully saturated rings. The number of nitrogens with zero attached hydrogens (tertiary/aromatic N) is 1. The van der Waals surface area contributed by atoms with Gasteiger partial charge >= 0.3 is 11.9 Å². The van der Waals surface area contributed by atoms with Gasteiger partial charge in [0.1, 0.15) is 11.4 Å². The number of hydrogen-bond donors (Lipinski definition) is 1. The highest BCUT2D eigenvalue weighted by molar-refractivity contribution is 6.09. The zero-order valence-electron chi connectivity index (χ0n) is 16.9. The van der Waals surface area contributed by atoms with E-state index in [1.165, 1.54) is 7.11 Å². The molecule has 2 rings (SSSR count). The number of methoxy groups -OCH3 is 2. The van der Waals surface area contributed by atoms with E-state index in [-0.39, 0.29) is 17.7 Å². The number of carbonyl (C=O) groups excluding carboxylic acids is 2. The second-order valence-electron chi connectivity index (χ2n) is 6.17. The van der Waals surface area contributed by atoms with Crippen LogP contribution < -0.4 is 5.32 Å². The summed E-state index contributed by atoms with van der Waals surface area (Å²) in [4.78, 5) is 29.8. The number of benzene rings is 1. The predicted molar refractivity (Wildman–Crippen MR) is 107 cm³/mol. The first kappa shape index (κ1) is 21.4. The molecule has 0 unspecified atom stereocenters. The van der Waals surface area contributed by atoms with E-state index >= 15 is 0 Å². The number of anilines is 1. The smallest absolute Gasteiger partial charge is 0.342 e. The molecule has 0 saturated carbocycles. The molecule has 0 aliphatic heterocycles. The average molecular weight is 386 g/mol. The fourth-order valence-corrected chi connectivity index (χ4v) is 2.87. The molecule has 7 heteroatoms. The van der Waals surface area contributed by atoms with Crippen molar-refractivity contribution in [1.82, 2.24) is 4.98 Å². The number of ether oxygens (including phenoxy) is 3. The number of carbonyl (C=O) groups is 2. The minimum atomic E-state index is -0.561. The van der Waals surface area contributed by atoms with Crippen LogP contribution in [0.4, 0.5) is 5.82 Å². The van der Waals surface area contributed by atoms with Crippen LogP contribution in [0.5, 0.6) is 0 Å². The van der Waals surface area contributed by atoms with Crippen molar-refractivity contribution >= 4 is 17.8 Å². The zero-order chi connectivity index (χ0) is 20.7. The molecule has 1 aromatic heterocycles. The lowest BCUT2D eigenvalue weighted by Crippen LogP contribution is -2.20. The van der Waals surface area contributed by atoms with Crippen molar-refractivity contribution in [1.29, 1.82) is 0 Å². The number of hydrogen-bond acceptors (Lipinski definition) is 7. The van der Waals surface area contributed by atoms with Crippen molar-refractivity contribution in [3.63, 3.8) is 0 Å². The third-order valence-corrected chi connectivity index (χ3v) is 4.19. The van der Waals surface area contributed by atoms with Crippen molar-refractivity contribution < 1.29 is 23.8 Å². The lowest BCUT2D eigenvalue weighted by molar-refractivity contribution is 0.0528. The van der Waals surface area contributed by atoms with E-state index in [0.29, 0.717) is 35.8 Å². The molecule has 0 spiro atoms. The molecule has 0 bridgehead atoms. The summed E-state index contributed by atoms with van der Waals surface area (Å²) in [5.41, 5.74) is 3.10. The molecule has 1 aromatic carbocycles. The molecule has 7 nitrogen and oxygen atoms in total. The SMILES string of the molecule is CCOC(=O)c1c(NCCOC)nc(C)c(C(=O)OC)c1-c1ccc(C)cc1. The monoisotopic (exact) mass is 386 g/mol. The maximum absolute atomic E-state index is 12.8. The lowest BCUT2D eigenvalue weighted by atomic mass is 9.93. The number of rotatable bonds is 8. The minimum Gasteiger partial charge on any atom is -0.465 e. The molecule has 28 heavy (non-hydrogen) atoms. The van der Waals surface area contributed by atoms with Gasteiger partial charge in [-0.05, 0) is 26.3 Å². The average Bonchev–Trinajstić information content (AvgIpc) is 2.68. The van der Waals surface area contributed by atoms with Crippen LogP contribution in [0.2, 0.25) is 0 Å². The van der Waals surface area contributed by atoms with Crippen LogP contribution in [-0.4, -0.2) is 50.9 Å². The number of nitrogens with one attached hydrogen (secondary N) is 1. The van der Waals surface area contributed by atoms with Gasteiger partial charge < -0.3 is 19.5 Å². The van der Waals surface area contributed by atoms with E-state index in [2.05, 4.69) is 10.3 Å². The second kappa shape index (κ2) is 9.85. The quantitative estimate of drug-likeness (QED) is 0.550. The van der Waals surface area contributed by atoms with Gasteiger partial charge in [0.15, 0.2) is 0 Å². The van der Waals surface area contributed by atoms with Gasteiger partial charge in [-0.1, -0.05) is 29.8 Å². The van der Waals surface area contributed by atoms with E-state index in [1.54, 1.807) is 21.0 Å². The summed E-state index contributed by atoms with van der Waals surface area (Å²) in [5.74, 6) is -0.776. The van der Waals surface area contributed by atoms with Gasteiger partial charge in [-0.2, -0.15) is 0 Å². The Morgan fingerprint density at radius 1 is 1.04 bits per heavy atom. The van der Waals surface area contributed by atoms with Gasteiger partial charge in [0.25, 0.3) is 0 Å². The highest BCUT2D eigenvalue weighted by Crippen LogP contribution is 2.35. The largest absolute Gasteiger partial charge is 0.465 e. The fourth-order valence-electron chi connectivity index (χ4n) is 2.87. The third kappa shape index (κ3) is 4.67. The fraction of sp³-hybridized carbons (Fsp3) is 0.381. The van der Waals surface area contributed by atoms with Crippen LogP contribution in [0, 0.1) is 13.8 Å². The van der Waals surface area contributed by atoms with Crippen LogP contribution in [0.3, 0.4) is 0 Å². The Bertz CT molecular complexity index is 847. The molecule has 2 aromatic rings. The third-order valence-electron chi connectivity index (χ3n) is 4.19. The van der Waals surface area contributed by atoms with Gasteiger partial charge in [-0.15, -0.1) is 0 Å². The van der Waals surface area contributed by atoms with E-state index in [0.717, 1.165) is 5.56 Å². The summed E-state index contributed by atoms with van der Waals surface area (Å²) in [6, 6.07) is 7.55. The molecular weight excluding hydrogens is 360 g/mol. The van der Waals surface area contributed by atoms with Crippen LogP contribution in [0.15, 0.2) is 24.3 Å². The van der Waals surface area contributed by atoms with Gasteiger partial charge in [0, 0.05) is 19.2 Å². The Morgan fingerprint density at radius 2 is 1.71 bits per heavy atom. The van der Waals surface area contributed by atoms with Crippen LogP contribution >= 0.6 is 0 Å². The molecule has 1 heterocycles. The summed E-state index contributed by atoms with van der Waals surface area (Å²) >= 11 is 0. The maximum Gasteiger partial charge on any atom is 0.342 e. The Labute approximate surface area is 165 Å². The first-order chi connectivity index (χ1) is 13.4. The molecule has 0 aliphatic carbocycles. The molecule has 0 atom stereocenters. The van der Waals surface area contributed by atoms with Crippen molar-refractivity contribution in [2.75, 3.05) is 39.3 Å². The van der Waals surface area contributed by atoms with Crippen molar-refractivity contribution in [2.24, 2.45) is 0 Å². The second-order valence-corrected chi connectivity index (χ2v) is 6.17. The molecule has 0 saturated heterocycles. The van der Waals surface area contributed by atoms with Gasteiger partial charge in [0.2, 0.25) is 0 Å². The number of aromatic nitrogens is 1. The highest BCUT2D eigenvalue weighted by atomic mass is 16.5. The predicted octanol–water partition coefficient (Wildman–Crippen LogP) is 3.39. The number of esters is 2. The normalized spacial score (nSPS) is 10.5. The minimum absolute atomic E-state index is 0.200. The number of pyridine rings is 1. The first-order valence-corrected chi connectivity index (χ1v) is 9.04. The Morgan fingerprint density at radius 3 is 2.29 bits per heavy atom. The molecule has 0 amide bonds. The Balaban J connectivity index is 2.81. The van der Waals surface area contributed by atoms with Crippen molar-refractivity contribution in [3.8, 4) is 11.1 Å². The molecule has 0 aliphatic rings. The van der Waals surface area contributed by atoms with Gasteiger partial charge in [0.05, 0.1) is 31.6 Å². The van der Waals surface area contributed by atoms with Crippen molar-refractivity contribution in [2.45, 2.75) is 20.8 Å². The molecule has 0 radical (unpaired) electrons. The lowest BCUT2D eigenvalue weighted by Gasteiger charge is -2.19. The maximum atomic E-state index is 12.8. The molecular formula is C21H26N2O5. The Hall–Kier alpha value is -2.93. The van der Waals surface area contributed by atoms with Crippen molar-refractivity contribution in [3.05, 3.63) is 46.6 Å². The topological polar surface area (TPSA) is 86.8 Å². The molecule has 1 N–H and O–H groups in total. The summed E-state index contributed by atoms with van der Waals surface area (Å²) in [6.07, 6.45) is 0. The van der Waals surface area contributed by atoms with Crippen LogP contribution in [0.1, 0.15) is 38.9 Å². The summed E-state index contributed by atoms with van der Waals surface area (Å²) < 4.78 is 15.3. The van der Waals surface area contributed by atoms with E-state index < -0.39 is 11.9 Å². The zero-order valence-corrected chi connectivity index (χ0v) is 16.9. The van der Waals surface area contributed by atoms with Crippen LogP contribution in [-0.2, 0) is 14.2 Å². The highest BCUT2D eigenvalue weighted by Gasteiger charge is 2.28. The van der Waals surface area contributed by atoms with E-state index in [4.69, 9.17) is 14.2 Å². The number of aryl methyl sites for hydroxylation is 2. The van der Waals surface area contributed by atoms with E-state index in [1.807, 2.05) is 31.2 Å². The summed E-state index contributed by atoms with van der Waals surface area (Å²) in [7, 11) is 2.89. The summed E-state index contributed by atoms with van der Waals surface area (Å²) in [5, 5.41) is 3.11. The standard InChI is InChI=1S/C21H26N2O5/c1-6-28-21(25)18-17(15-9-7-13(2)8-10-15)16(20(24)27-5)14(3)23-19(18)22-11-12-26-4/h7-10H,6,11-12H2,1-5H3,(H,22,23). The van der Waals surface area contributed by atoms with E-state index in [9.17, 15) is 9.59 Å². The Kier molecular flexibility index (Phi) is 7.52. The summed E-state index contributed by atoms with van der Waals surface area (Å²) in [6.45, 7) is 6.48. The van der Waals surface area contributed by atoms with Gasteiger partial charge in [-0.3, -0.25) is 0 Å². The van der Waals surface area contributed by atoms with Gasteiger partial charge in [-0.25, -0.2) is 14.6 Å².